The number of hydrogen-bond donors (Lipinski definition) is 2. The molecule has 0 atom stereocenters. The molecule has 0 bridgehead atoms. The van der Waals surface area contributed by atoms with E-state index in [1.165, 1.54) is 12.1 Å². The second-order valence-corrected chi connectivity index (χ2v) is 6.34. The summed E-state index contributed by atoms with van der Waals surface area (Å²) in [5.74, 6) is -0.315. The molecule has 7 heteroatoms. The van der Waals surface area contributed by atoms with Gasteiger partial charge >= 0.3 is 0 Å². The molecule has 0 fully saturated rings. The van der Waals surface area contributed by atoms with Gasteiger partial charge in [0, 0.05) is 18.8 Å². The fourth-order valence-corrected chi connectivity index (χ4v) is 3.23. The van der Waals surface area contributed by atoms with E-state index >= 15 is 0 Å². The van der Waals surface area contributed by atoms with E-state index in [0.717, 1.165) is 4.31 Å². The summed E-state index contributed by atoms with van der Waals surface area (Å²) in [4.78, 5) is 11.7. The van der Waals surface area contributed by atoms with Crippen LogP contribution in [0.5, 0.6) is 0 Å². The Balaban J connectivity index is 3.05. The first-order chi connectivity index (χ1) is 9.32. The first-order valence-corrected chi connectivity index (χ1v) is 7.89. The summed E-state index contributed by atoms with van der Waals surface area (Å²) in [6, 6.07) is 4.53. The van der Waals surface area contributed by atoms with Crippen molar-refractivity contribution in [3.05, 3.63) is 23.8 Å². The molecule has 0 heterocycles. The van der Waals surface area contributed by atoms with Gasteiger partial charge < -0.3 is 11.1 Å². The Morgan fingerprint density at radius 1 is 1.35 bits per heavy atom. The monoisotopic (exact) mass is 299 g/mol. The maximum atomic E-state index is 12.5. The number of rotatable bonds is 6. The second kappa shape index (κ2) is 6.71. The third kappa shape index (κ3) is 3.71. The number of hydrogen-bond acceptors (Lipinski definition) is 4. The molecular formula is C13H21N3O3S. The third-order valence-electron chi connectivity index (χ3n) is 2.93. The Morgan fingerprint density at radius 2 is 2.00 bits per heavy atom. The van der Waals surface area contributed by atoms with Crippen LogP contribution in [-0.4, -0.2) is 38.3 Å². The van der Waals surface area contributed by atoms with Gasteiger partial charge in [-0.05, 0) is 37.6 Å². The molecule has 3 N–H and O–H groups in total. The predicted octanol–water partition coefficient (Wildman–Crippen LogP) is 0.724. The van der Waals surface area contributed by atoms with Gasteiger partial charge in [-0.15, -0.1) is 0 Å². The number of sulfonamides is 1. The van der Waals surface area contributed by atoms with Gasteiger partial charge in [0.25, 0.3) is 0 Å². The zero-order chi connectivity index (χ0) is 15.3. The molecule has 0 radical (unpaired) electrons. The van der Waals surface area contributed by atoms with E-state index in [2.05, 4.69) is 5.32 Å². The van der Waals surface area contributed by atoms with Crippen molar-refractivity contribution in [1.82, 2.24) is 9.62 Å². The maximum Gasteiger partial charge on any atom is 0.243 e. The Hall–Kier alpha value is -1.60. The lowest BCUT2D eigenvalue weighted by Crippen LogP contribution is -2.40. The minimum Gasteiger partial charge on any atom is -0.399 e. The molecule has 0 aliphatic carbocycles. The van der Waals surface area contributed by atoms with E-state index < -0.39 is 10.0 Å². The van der Waals surface area contributed by atoms with E-state index in [-0.39, 0.29) is 23.9 Å². The Morgan fingerprint density at radius 3 is 2.50 bits per heavy atom. The molecule has 0 aliphatic rings. The van der Waals surface area contributed by atoms with Gasteiger partial charge in [-0.25, -0.2) is 8.42 Å². The SMILES string of the molecule is CCNC(=O)CN(CC)S(=O)(=O)c1ccc(N)c(C)c1. The lowest BCUT2D eigenvalue weighted by atomic mass is 10.2. The summed E-state index contributed by atoms with van der Waals surface area (Å²) in [5, 5.41) is 2.59. The van der Waals surface area contributed by atoms with Crippen LogP contribution < -0.4 is 11.1 Å². The number of nitrogens with zero attached hydrogens (tertiary/aromatic N) is 1. The maximum absolute atomic E-state index is 12.5. The van der Waals surface area contributed by atoms with Crippen molar-refractivity contribution in [2.45, 2.75) is 25.7 Å². The molecule has 6 nitrogen and oxygen atoms in total. The number of benzene rings is 1. The average Bonchev–Trinajstić information content (AvgIpc) is 2.39. The molecule has 112 valence electrons. The number of carbonyl (C=O) groups excluding carboxylic acids is 1. The van der Waals surface area contributed by atoms with Crippen LogP contribution >= 0.6 is 0 Å². The number of likely N-dealkylation sites (N-methyl/N-ethyl adjacent to an activating group) is 2. The molecular weight excluding hydrogens is 278 g/mol. The Labute approximate surface area is 120 Å². The van der Waals surface area contributed by atoms with E-state index in [1.54, 1.807) is 26.8 Å². The van der Waals surface area contributed by atoms with Gasteiger partial charge in [0.2, 0.25) is 15.9 Å². The number of nitrogens with two attached hydrogens (primary N) is 1. The summed E-state index contributed by atoms with van der Waals surface area (Å²) in [6.07, 6.45) is 0. The summed E-state index contributed by atoms with van der Waals surface area (Å²) in [5.41, 5.74) is 6.92. The fourth-order valence-electron chi connectivity index (χ4n) is 1.74. The minimum atomic E-state index is -3.69. The molecule has 0 spiro atoms. The lowest BCUT2D eigenvalue weighted by Gasteiger charge is -2.20. The molecule has 0 saturated carbocycles. The number of amides is 1. The molecule has 0 aliphatic heterocycles. The number of anilines is 1. The molecule has 1 rings (SSSR count). The topological polar surface area (TPSA) is 92.5 Å². The van der Waals surface area contributed by atoms with Gasteiger partial charge in [0.15, 0.2) is 0 Å². The van der Waals surface area contributed by atoms with E-state index in [9.17, 15) is 13.2 Å². The van der Waals surface area contributed by atoms with Gasteiger partial charge in [-0.2, -0.15) is 4.31 Å². The highest BCUT2D eigenvalue weighted by atomic mass is 32.2. The number of nitrogen functional groups attached to an aromatic ring is 1. The minimum absolute atomic E-state index is 0.148. The van der Waals surface area contributed by atoms with Crippen molar-refractivity contribution >= 4 is 21.6 Å². The zero-order valence-corrected chi connectivity index (χ0v) is 12.8. The van der Waals surface area contributed by atoms with Gasteiger partial charge in [0.05, 0.1) is 11.4 Å². The van der Waals surface area contributed by atoms with Crippen LogP contribution in [0.25, 0.3) is 0 Å². The van der Waals surface area contributed by atoms with Gasteiger partial charge in [-0.1, -0.05) is 6.92 Å². The molecule has 0 aromatic heterocycles. The smallest absolute Gasteiger partial charge is 0.243 e. The van der Waals surface area contributed by atoms with Crippen LogP contribution in [0.3, 0.4) is 0 Å². The normalized spacial score (nSPS) is 11.6. The quantitative estimate of drug-likeness (QED) is 0.757. The van der Waals surface area contributed by atoms with Crippen molar-refractivity contribution in [2.75, 3.05) is 25.4 Å². The molecule has 1 amide bonds. The van der Waals surface area contributed by atoms with E-state index in [1.807, 2.05) is 0 Å². The van der Waals surface area contributed by atoms with Crippen LogP contribution in [-0.2, 0) is 14.8 Å². The standard InChI is InChI=1S/C13H21N3O3S/c1-4-15-13(17)9-16(5-2)20(18,19)11-6-7-12(14)10(3)8-11/h6-8H,4-5,9,14H2,1-3H3,(H,15,17). The van der Waals surface area contributed by atoms with Crippen LogP contribution in [0.1, 0.15) is 19.4 Å². The lowest BCUT2D eigenvalue weighted by molar-refractivity contribution is -0.121. The summed E-state index contributed by atoms with van der Waals surface area (Å²) in [7, 11) is -3.69. The zero-order valence-electron chi connectivity index (χ0n) is 12.0. The molecule has 0 saturated heterocycles. The van der Waals surface area contributed by atoms with Crippen LogP contribution in [0, 0.1) is 6.92 Å². The Kier molecular flexibility index (Phi) is 5.52. The molecule has 1 aromatic carbocycles. The molecule has 0 unspecified atom stereocenters. The van der Waals surface area contributed by atoms with Crippen molar-refractivity contribution in [1.29, 1.82) is 0 Å². The van der Waals surface area contributed by atoms with Gasteiger partial charge in [0.1, 0.15) is 0 Å². The molecule has 1 aromatic rings. The second-order valence-electron chi connectivity index (χ2n) is 4.40. The van der Waals surface area contributed by atoms with Crippen LogP contribution in [0.15, 0.2) is 23.1 Å². The highest BCUT2D eigenvalue weighted by Crippen LogP contribution is 2.20. The number of nitrogens with one attached hydrogen (secondary N) is 1. The average molecular weight is 299 g/mol. The van der Waals surface area contributed by atoms with Gasteiger partial charge in [-0.3, -0.25) is 4.79 Å². The van der Waals surface area contributed by atoms with E-state index in [4.69, 9.17) is 5.73 Å². The van der Waals surface area contributed by atoms with Crippen molar-refractivity contribution in [3.63, 3.8) is 0 Å². The predicted molar refractivity (Wildman–Crippen MR) is 78.7 cm³/mol. The summed E-state index contributed by atoms with van der Waals surface area (Å²) >= 11 is 0. The first kappa shape index (κ1) is 16.5. The highest BCUT2D eigenvalue weighted by Gasteiger charge is 2.25. The fraction of sp³-hybridized carbons (Fsp3) is 0.462. The number of aryl methyl sites for hydroxylation is 1. The first-order valence-electron chi connectivity index (χ1n) is 6.45. The number of carbonyl (C=O) groups is 1. The largest absolute Gasteiger partial charge is 0.399 e. The van der Waals surface area contributed by atoms with Crippen molar-refractivity contribution in [2.24, 2.45) is 0 Å². The van der Waals surface area contributed by atoms with Crippen molar-refractivity contribution in [3.8, 4) is 0 Å². The third-order valence-corrected chi connectivity index (χ3v) is 4.84. The van der Waals surface area contributed by atoms with E-state index in [0.29, 0.717) is 17.8 Å². The summed E-state index contributed by atoms with van der Waals surface area (Å²) in [6.45, 7) is 5.73. The molecule has 20 heavy (non-hydrogen) atoms. The summed E-state index contributed by atoms with van der Waals surface area (Å²) < 4.78 is 26.1. The van der Waals surface area contributed by atoms with Crippen LogP contribution in [0.2, 0.25) is 0 Å². The Bertz CT molecular complexity index is 585. The van der Waals surface area contributed by atoms with Crippen molar-refractivity contribution < 1.29 is 13.2 Å². The van der Waals surface area contributed by atoms with Crippen LogP contribution in [0.4, 0.5) is 5.69 Å². The highest BCUT2D eigenvalue weighted by molar-refractivity contribution is 7.89.